The highest BCUT2D eigenvalue weighted by atomic mass is 79.9. The van der Waals surface area contributed by atoms with Crippen LogP contribution < -0.4 is 4.74 Å². The summed E-state index contributed by atoms with van der Waals surface area (Å²) < 4.78 is 5.25. The number of aryl methyl sites for hydroxylation is 1. The number of rotatable bonds is 4. The van der Waals surface area contributed by atoms with Gasteiger partial charge < -0.3 is 9.64 Å². The summed E-state index contributed by atoms with van der Waals surface area (Å²) in [6.07, 6.45) is 0. The van der Waals surface area contributed by atoms with Crippen molar-refractivity contribution in [1.29, 1.82) is 0 Å². The number of methoxy groups -OCH3 is 1. The summed E-state index contributed by atoms with van der Waals surface area (Å²) in [5.74, 6) is 0.739. The monoisotopic (exact) mass is 313 g/mol. The number of hydrogen-bond acceptors (Lipinski definition) is 2. The Labute approximate surface area is 117 Å². The van der Waals surface area contributed by atoms with Crippen LogP contribution in [0.5, 0.6) is 5.75 Å². The van der Waals surface area contributed by atoms with Gasteiger partial charge in [-0.2, -0.15) is 0 Å². The predicted octanol–water partition coefficient (Wildman–Crippen LogP) is 3.25. The Morgan fingerprint density at radius 1 is 1.44 bits per heavy atom. The van der Waals surface area contributed by atoms with Gasteiger partial charge in [0.2, 0.25) is 0 Å². The van der Waals surface area contributed by atoms with Gasteiger partial charge in [0, 0.05) is 23.5 Å². The fourth-order valence-corrected chi connectivity index (χ4v) is 1.89. The number of carbonyl (C=O) groups excluding carboxylic acids is 1. The first-order valence-corrected chi connectivity index (χ1v) is 6.94. The minimum atomic E-state index is -0.227. The van der Waals surface area contributed by atoms with Gasteiger partial charge in [-0.25, -0.2) is 0 Å². The standard InChI is InChI=1S/C14H20BrNO2/c1-10-6-7-11(8-12(10)18-5)13(17)16(4)14(2,3)9-15/h6-8H,9H2,1-5H3. The van der Waals surface area contributed by atoms with Crippen LogP contribution in [-0.4, -0.2) is 35.8 Å². The van der Waals surface area contributed by atoms with Crippen LogP contribution in [0.3, 0.4) is 0 Å². The van der Waals surface area contributed by atoms with Crippen LogP contribution in [0.25, 0.3) is 0 Å². The van der Waals surface area contributed by atoms with Crippen molar-refractivity contribution >= 4 is 21.8 Å². The molecule has 0 aliphatic heterocycles. The summed E-state index contributed by atoms with van der Waals surface area (Å²) in [4.78, 5) is 14.1. The van der Waals surface area contributed by atoms with E-state index in [0.29, 0.717) is 5.56 Å². The van der Waals surface area contributed by atoms with Crippen molar-refractivity contribution in [2.45, 2.75) is 26.3 Å². The number of amides is 1. The Morgan fingerprint density at radius 2 is 2.06 bits per heavy atom. The average Bonchev–Trinajstić information content (AvgIpc) is 2.37. The van der Waals surface area contributed by atoms with Crippen LogP contribution in [-0.2, 0) is 0 Å². The molecule has 1 rings (SSSR count). The van der Waals surface area contributed by atoms with Crippen molar-refractivity contribution in [2.75, 3.05) is 19.5 Å². The molecule has 4 heteroatoms. The lowest BCUT2D eigenvalue weighted by atomic mass is 10.0. The van der Waals surface area contributed by atoms with E-state index in [9.17, 15) is 4.79 Å². The van der Waals surface area contributed by atoms with E-state index in [1.54, 1.807) is 18.1 Å². The lowest BCUT2D eigenvalue weighted by molar-refractivity contribution is 0.0663. The number of carbonyl (C=O) groups is 1. The van der Waals surface area contributed by atoms with E-state index < -0.39 is 0 Å². The summed E-state index contributed by atoms with van der Waals surface area (Å²) in [6, 6.07) is 5.53. The van der Waals surface area contributed by atoms with E-state index in [4.69, 9.17) is 4.74 Å². The van der Waals surface area contributed by atoms with Gasteiger partial charge in [0.1, 0.15) is 5.75 Å². The third-order valence-electron chi connectivity index (χ3n) is 3.19. The molecule has 0 fully saturated rings. The number of benzene rings is 1. The number of alkyl halides is 1. The molecule has 0 saturated carbocycles. The Bertz CT molecular complexity index is 443. The SMILES string of the molecule is COc1cc(C(=O)N(C)C(C)(C)CBr)ccc1C. The molecule has 0 bridgehead atoms. The highest BCUT2D eigenvalue weighted by Crippen LogP contribution is 2.23. The van der Waals surface area contributed by atoms with Gasteiger partial charge in [-0.1, -0.05) is 22.0 Å². The number of hydrogen-bond donors (Lipinski definition) is 0. The summed E-state index contributed by atoms with van der Waals surface area (Å²) in [5, 5.41) is 0.727. The molecule has 0 radical (unpaired) electrons. The van der Waals surface area contributed by atoms with E-state index in [-0.39, 0.29) is 11.4 Å². The fourth-order valence-electron chi connectivity index (χ4n) is 1.51. The zero-order valence-electron chi connectivity index (χ0n) is 11.6. The third kappa shape index (κ3) is 3.05. The van der Waals surface area contributed by atoms with Gasteiger partial charge in [0.25, 0.3) is 5.91 Å². The van der Waals surface area contributed by atoms with Crippen LogP contribution in [0.4, 0.5) is 0 Å². The second-order valence-corrected chi connectivity index (χ2v) is 5.56. The van der Waals surface area contributed by atoms with Crippen molar-refractivity contribution < 1.29 is 9.53 Å². The molecular formula is C14H20BrNO2. The topological polar surface area (TPSA) is 29.5 Å². The zero-order chi connectivity index (χ0) is 13.9. The van der Waals surface area contributed by atoms with E-state index in [2.05, 4.69) is 15.9 Å². The van der Waals surface area contributed by atoms with Gasteiger partial charge in [0.05, 0.1) is 7.11 Å². The fraction of sp³-hybridized carbons (Fsp3) is 0.500. The number of ether oxygens (including phenoxy) is 1. The maximum Gasteiger partial charge on any atom is 0.254 e. The molecule has 0 N–H and O–H groups in total. The lowest BCUT2D eigenvalue weighted by Gasteiger charge is -2.34. The molecule has 0 atom stereocenters. The molecule has 0 aliphatic rings. The van der Waals surface area contributed by atoms with Gasteiger partial charge in [-0.15, -0.1) is 0 Å². The van der Waals surface area contributed by atoms with Crippen LogP contribution >= 0.6 is 15.9 Å². The Balaban J connectivity index is 3.04. The molecular weight excluding hydrogens is 294 g/mol. The summed E-state index contributed by atoms with van der Waals surface area (Å²) >= 11 is 3.43. The van der Waals surface area contributed by atoms with E-state index in [0.717, 1.165) is 16.6 Å². The summed E-state index contributed by atoms with van der Waals surface area (Å²) in [7, 11) is 3.43. The second-order valence-electron chi connectivity index (χ2n) is 4.99. The molecule has 18 heavy (non-hydrogen) atoms. The first kappa shape index (κ1) is 15.0. The van der Waals surface area contributed by atoms with Gasteiger partial charge >= 0.3 is 0 Å². The highest BCUT2D eigenvalue weighted by Gasteiger charge is 2.27. The Kier molecular flexibility index (Phi) is 4.79. The molecule has 100 valence electrons. The van der Waals surface area contributed by atoms with Crippen molar-refractivity contribution in [1.82, 2.24) is 4.90 Å². The van der Waals surface area contributed by atoms with Crippen LogP contribution in [0.2, 0.25) is 0 Å². The number of nitrogens with zero attached hydrogens (tertiary/aromatic N) is 1. The average molecular weight is 314 g/mol. The van der Waals surface area contributed by atoms with Gasteiger partial charge in [-0.05, 0) is 38.5 Å². The maximum absolute atomic E-state index is 12.4. The molecule has 0 saturated heterocycles. The van der Waals surface area contributed by atoms with Crippen molar-refractivity contribution in [3.05, 3.63) is 29.3 Å². The van der Waals surface area contributed by atoms with E-state index >= 15 is 0 Å². The van der Waals surface area contributed by atoms with Crippen LogP contribution in [0.1, 0.15) is 29.8 Å². The quantitative estimate of drug-likeness (QED) is 0.799. The minimum absolute atomic E-state index is 0.00208. The highest BCUT2D eigenvalue weighted by molar-refractivity contribution is 9.09. The molecule has 0 heterocycles. The normalized spacial score (nSPS) is 11.2. The largest absolute Gasteiger partial charge is 0.496 e. The Morgan fingerprint density at radius 3 is 2.56 bits per heavy atom. The summed E-state index contributed by atoms with van der Waals surface area (Å²) in [6.45, 7) is 6.00. The molecule has 0 aromatic heterocycles. The molecule has 1 aromatic carbocycles. The molecule has 1 amide bonds. The predicted molar refractivity (Wildman–Crippen MR) is 77.7 cm³/mol. The van der Waals surface area contributed by atoms with Crippen molar-refractivity contribution in [3.63, 3.8) is 0 Å². The zero-order valence-corrected chi connectivity index (χ0v) is 13.2. The van der Waals surface area contributed by atoms with Gasteiger partial charge in [0.15, 0.2) is 0 Å². The Hall–Kier alpha value is -1.03. The third-order valence-corrected chi connectivity index (χ3v) is 4.57. The van der Waals surface area contributed by atoms with Gasteiger partial charge in [-0.3, -0.25) is 4.79 Å². The van der Waals surface area contributed by atoms with E-state index in [1.807, 2.05) is 40.0 Å². The second kappa shape index (κ2) is 5.74. The summed E-state index contributed by atoms with van der Waals surface area (Å²) in [5.41, 5.74) is 1.44. The lowest BCUT2D eigenvalue weighted by Crippen LogP contribution is -2.46. The maximum atomic E-state index is 12.4. The molecule has 3 nitrogen and oxygen atoms in total. The van der Waals surface area contributed by atoms with Crippen LogP contribution in [0.15, 0.2) is 18.2 Å². The first-order chi connectivity index (χ1) is 8.33. The van der Waals surface area contributed by atoms with Crippen LogP contribution in [0, 0.1) is 6.92 Å². The van der Waals surface area contributed by atoms with Crippen molar-refractivity contribution in [3.8, 4) is 5.75 Å². The minimum Gasteiger partial charge on any atom is -0.496 e. The van der Waals surface area contributed by atoms with E-state index in [1.165, 1.54) is 0 Å². The van der Waals surface area contributed by atoms with Crippen molar-refractivity contribution in [2.24, 2.45) is 0 Å². The molecule has 1 aromatic rings. The molecule has 0 unspecified atom stereocenters. The first-order valence-electron chi connectivity index (χ1n) is 5.82. The molecule has 0 spiro atoms. The smallest absolute Gasteiger partial charge is 0.254 e. The number of halogens is 1. The molecule has 0 aliphatic carbocycles.